The lowest BCUT2D eigenvalue weighted by atomic mass is 9.82. The van der Waals surface area contributed by atoms with E-state index in [1.807, 2.05) is 13.0 Å². The minimum Gasteiger partial charge on any atom is -0.465 e. The minimum absolute atomic E-state index is 0. The monoisotopic (exact) mass is 896 g/mol. The molecule has 4 aliphatic rings. The van der Waals surface area contributed by atoms with Crippen LogP contribution in [0.2, 0.25) is 0 Å². The lowest BCUT2D eigenvalue weighted by molar-refractivity contribution is -0.150. The van der Waals surface area contributed by atoms with E-state index >= 15 is 0 Å². The molecule has 0 bridgehead atoms. The zero-order valence-corrected chi connectivity index (χ0v) is 38.3. The average molecular weight is 898 g/mol. The molecule has 62 heavy (non-hydrogen) atoms. The summed E-state index contributed by atoms with van der Waals surface area (Å²) >= 11 is 6.81. The predicted molar refractivity (Wildman–Crippen MR) is 240 cm³/mol. The third kappa shape index (κ3) is 21.6. The maximum atomic E-state index is 11.9. The fraction of sp³-hybridized carbons (Fsp3) is 0.708. The van der Waals surface area contributed by atoms with Crippen molar-refractivity contribution in [2.45, 2.75) is 182 Å². The molecular formula is C48H69ClN4O8S. The molecular weight excluding hydrogens is 828 g/mol. The number of halogens is 1. The molecule has 0 N–H and O–H groups in total. The van der Waals surface area contributed by atoms with Crippen LogP contribution in [0.3, 0.4) is 0 Å². The number of hydrogen-bond donors (Lipinski definition) is 0. The molecule has 4 saturated carbocycles. The number of hydrogen-bond acceptors (Lipinski definition) is 13. The Labute approximate surface area is 379 Å². The number of aryl methyl sites for hydroxylation is 1. The average Bonchev–Trinajstić information content (AvgIpc) is 3.62. The van der Waals surface area contributed by atoms with Gasteiger partial charge in [0, 0.05) is 22.6 Å². The Kier molecular flexibility index (Phi) is 31.7. The fourth-order valence-electron chi connectivity index (χ4n) is 8.08. The summed E-state index contributed by atoms with van der Waals surface area (Å²) in [7, 11) is 0. The van der Waals surface area contributed by atoms with Crippen LogP contribution in [-0.4, -0.2) is 47.7 Å². The summed E-state index contributed by atoms with van der Waals surface area (Å²) in [6, 6.07) is 7.65. The highest BCUT2D eigenvalue weighted by Crippen LogP contribution is 2.41. The van der Waals surface area contributed by atoms with Gasteiger partial charge in [0.25, 0.3) is 0 Å². The first kappa shape index (κ1) is 57.6. The van der Waals surface area contributed by atoms with Gasteiger partial charge in [0.2, 0.25) is 11.2 Å². The summed E-state index contributed by atoms with van der Waals surface area (Å²) in [4.78, 5) is 68.8. The van der Waals surface area contributed by atoms with Gasteiger partial charge in [0.15, 0.2) is 11.6 Å². The number of nitrogens with zero attached hydrogens (tertiary/aromatic N) is 4. The topological polar surface area (TPSA) is 216 Å². The number of Topliss-reactive ketones (excluding diaryl/α,β-unsaturated/α-hetero) is 3. The number of ketones is 3. The van der Waals surface area contributed by atoms with Crippen LogP contribution >= 0.6 is 22.9 Å². The van der Waals surface area contributed by atoms with Crippen LogP contribution in [0.5, 0.6) is 0 Å². The van der Waals surface area contributed by atoms with E-state index in [2.05, 4.69) is 10.8 Å². The van der Waals surface area contributed by atoms with Gasteiger partial charge in [-0.25, -0.2) is 0 Å². The normalized spacial score (nSPS) is 16.9. The highest BCUT2D eigenvalue weighted by Gasteiger charge is 2.34. The Morgan fingerprint density at radius 2 is 1.13 bits per heavy atom. The molecule has 4 fully saturated rings. The first-order valence-corrected chi connectivity index (χ1v) is 23.3. The number of carbonyl (C=O) groups excluding carboxylic acids is 6. The Balaban J connectivity index is 0.000000770. The first-order valence-electron chi connectivity index (χ1n) is 22.1. The second-order valence-electron chi connectivity index (χ2n) is 15.7. The van der Waals surface area contributed by atoms with Crippen molar-refractivity contribution in [3.8, 4) is 24.3 Å². The van der Waals surface area contributed by atoms with E-state index in [9.17, 15) is 34.0 Å². The lowest BCUT2D eigenvalue weighted by Crippen LogP contribution is -2.31. The molecule has 14 heteroatoms. The Morgan fingerprint density at radius 3 is 1.52 bits per heavy atom. The van der Waals surface area contributed by atoms with Crippen LogP contribution in [0, 0.1) is 75.9 Å². The van der Waals surface area contributed by atoms with E-state index in [0.717, 1.165) is 91.5 Å². The Bertz CT molecular complexity index is 1730. The number of rotatable bonds is 11. The molecule has 1 aromatic heterocycles. The van der Waals surface area contributed by atoms with Crippen molar-refractivity contribution in [2.24, 2.45) is 23.7 Å². The van der Waals surface area contributed by atoms with Gasteiger partial charge < -0.3 is 9.47 Å². The van der Waals surface area contributed by atoms with Gasteiger partial charge >= 0.3 is 11.9 Å². The number of thiophene rings is 1. The molecule has 4 aliphatic carbocycles. The van der Waals surface area contributed by atoms with Crippen LogP contribution in [0.4, 0.5) is 0 Å². The molecule has 0 aromatic carbocycles. The van der Waals surface area contributed by atoms with Crippen LogP contribution in [0.1, 0.15) is 201 Å². The first-order chi connectivity index (χ1) is 29.3. The molecule has 0 aliphatic heterocycles. The van der Waals surface area contributed by atoms with E-state index in [0.29, 0.717) is 12.5 Å². The van der Waals surface area contributed by atoms with E-state index < -0.39 is 17.9 Å². The number of nitriles is 4. The number of ether oxygens (including phenoxy) is 2. The zero-order chi connectivity index (χ0) is 45.6. The molecule has 1 aromatic rings. The van der Waals surface area contributed by atoms with Crippen molar-refractivity contribution >= 4 is 57.5 Å². The van der Waals surface area contributed by atoms with E-state index in [4.69, 9.17) is 32.1 Å². The fourth-order valence-corrected chi connectivity index (χ4v) is 9.38. The molecule has 342 valence electrons. The van der Waals surface area contributed by atoms with Crippen molar-refractivity contribution in [1.82, 2.24) is 0 Å². The van der Waals surface area contributed by atoms with Crippen molar-refractivity contribution in [3.05, 3.63) is 20.9 Å². The summed E-state index contributed by atoms with van der Waals surface area (Å²) in [5.41, 5.74) is 1.83. The van der Waals surface area contributed by atoms with Gasteiger partial charge in [-0.15, -0.1) is 11.3 Å². The Morgan fingerprint density at radius 1 is 0.677 bits per heavy atom. The van der Waals surface area contributed by atoms with Crippen molar-refractivity contribution in [2.75, 3.05) is 13.2 Å². The highest BCUT2D eigenvalue weighted by atomic mass is 35.5. The van der Waals surface area contributed by atoms with Crippen molar-refractivity contribution < 1.29 is 38.2 Å². The molecule has 1 unspecified atom stereocenters. The SMILES string of the molecule is C.CC(=O)c1sc(C)c(C#N)c1C1CCCCC1.CCOC(=O)C(C#N)C(=O)C1CCCCC1.CCOC(=O)CC#N.N#CCC(=O)C1CCCCC1.O=C(Cl)C1CCCCC1. The van der Waals surface area contributed by atoms with Crippen LogP contribution in [0.25, 0.3) is 0 Å². The van der Waals surface area contributed by atoms with E-state index in [1.54, 1.807) is 32.9 Å². The van der Waals surface area contributed by atoms with E-state index in [-0.39, 0.29) is 67.2 Å². The Hall–Kier alpha value is -4.43. The van der Waals surface area contributed by atoms with Gasteiger partial charge in [0.1, 0.15) is 18.3 Å². The van der Waals surface area contributed by atoms with Gasteiger partial charge in [-0.2, -0.15) is 21.0 Å². The second-order valence-corrected chi connectivity index (χ2v) is 17.3. The molecule has 5 rings (SSSR count). The molecule has 1 atom stereocenters. The number of carbonyl (C=O) groups is 6. The predicted octanol–water partition coefficient (Wildman–Crippen LogP) is 11.5. The van der Waals surface area contributed by atoms with Crippen LogP contribution in [0.15, 0.2) is 0 Å². The molecule has 12 nitrogen and oxygen atoms in total. The number of esters is 2. The van der Waals surface area contributed by atoms with Gasteiger partial charge in [-0.3, -0.25) is 28.8 Å². The largest absolute Gasteiger partial charge is 0.465 e. The van der Waals surface area contributed by atoms with Crippen molar-refractivity contribution in [3.63, 3.8) is 0 Å². The van der Waals surface area contributed by atoms with Gasteiger partial charge in [0.05, 0.1) is 48.3 Å². The summed E-state index contributed by atoms with van der Waals surface area (Å²) in [5, 5.41) is 34.2. The highest BCUT2D eigenvalue weighted by molar-refractivity contribution is 7.14. The summed E-state index contributed by atoms with van der Waals surface area (Å²) < 4.78 is 9.15. The van der Waals surface area contributed by atoms with Gasteiger partial charge in [-0.05, 0) is 102 Å². The molecule has 1 heterocycles. The van der Waals surface area contributed by atoms with Crippen LogP contribution in [-0.2, 0) is 33.4 Å². The van der Waals surface area contributed by atoms with Crippen LogP contribution < -0.4 is 0 Å². The molecule has 0 radical (unpaired) electrons. The zero-order valence-electron chi connectivity index (χ0n) is 36.7. The smallest absolute Gasteiger partial charge is 0.331 e. The summed E-state index contributed by atoms with van der Waals surface area (Å²) in [6.45, 7) is 7.48. The maximum Gasteiger partial charge on any atom is 0.331 e. The van der Waals surface area contributed by atoms with E-state index in [1.165, 1.54) is 69.1 Å². The summed E-state index contributed by atoms with van der Waals surface area (Å²) in [5.74, 6) is -1.64. The summed E-state index contributed by atoms with van der Waals surface area (Å²) in [6.07, 6.45) is 22.0. The quantitative estimate of drug-likeness (QED) is 0.0877. The maximum absolute atomic E-state index is 11.9. The second kappa shape index (κ2) is 34.1. The molecule has 0 saturated heterocycles. The third-order valence-electron chi connectivity index (χ3n) is 11.3. The third-order valence-corrected chi connectivity index (χ3v) is 12.8. The lowest BCUT2D eigenvalue weighted by Gasteiger charge is -2.22. The standard InChI is InChI=1S/C14H17NOS.C12H17NO3.C9H13NO.C7H11ClO.C5H7NO2.CH4/c1-9(16)14-13(11-6-4-3-5-7-11)12(8-15)10(2)17-14;1-2-16-12(15)10(8-13)11(14)9-6-4-3-5-7-9;10-7-6-9(11)8-4-2-1-3-5-8;8-7(9)6-4-2-1-3-5-6;1-2-8-5(7)3-4-6;/h11H,3-7H2,1-2H3;9-10H,2-7H2,1H3;8H,1-6H2;6H,1-5H2;2-3H2,1H3;1H4. The van der Waals surface area contributed by atoms with Gasteiger partial charge in [-0.1, -0.05) is 84.5 Å². The molecule has 0 amide bonds. The molecule has 0 spiro atoms. The van der Waals surface area contributed by atoms with Crippen molar-refractivity contribution in [1.29, 1.82) is 21.0 Å². The minimum atomic E-state index is -1.22.